The lowest BCUT2D eigenvalue weighted by molar-refractivity contribution is -0.156. The molecule has 2 aromatic carbocycles. The Morgan fingerprint density at radius 3 is 2.51 bits per heavy atom. The summed E-state index contributed by atoms with van der Waals surface area (Å²) < 4.78 is 12.5. The third-order valence-electron chi connectivity index (χ3n) is 9.70. The summed E-state index contributed by atoms with van der Waals surface area (Å²) in [6, 6.07) is 17.1. The molecule has 0 aromatic heterocycles. The van der Waals surface area contributed by atoms with Gasteiger partial charge in [-0.2, -0.15) is 0 Å². The fourth-order valence-corrected chi connectivity index (χ4v) is 7.60. The molecular formula is C34H43NO4. The van der Waals surface area contributed by atoms with Gasteiger partial charge in [0.25, 0.3) is 5.91 Å². The first-order valence-electron chi connectivity index (χ1n) is 15.2. The Kier molecular flexibility index (Phi) is 8.36. The zero-order valence-electron chi connectivity index (χ0n) is 23.0. The van der Waals surface area contributed by atoms with Crippen LogP contribution in [0.3, 0.4) is 0 Å². The number of carbonyl (C=O) groups excluding carboxylic acids is 1. The number of rotatable bonds is 7. The smallest absolute Gasteiger partial charge is 0.286 e. The van der Waals surface area contributed by atoms with Crippen molar-refractivity contribution in [3.05, 3.63) is 82.6 Å². The predicted molar refractivity (Wildman–Crippen MR) is 152 cm³/mol. The molecule has 0 bridgehead atoms. The number of nitrogens with one attached hydrogen (secondary N) is 1. The molecule has 5 atom stereocenters. The predicted octanol–water partition coefficient (Wildman–Crippen LogP) is 6.54. The van der Waals surface area contributed by atoms with Crippen LogP contribution in [0.1, 0.15) is 92.4 Å². The highest BCUT2D eigenvalue weighted by atomic mass is 16.7. The molecule has 5 unspecified atom stereocenters. The Morgan fingerprint density at radius 2 is 1.69 bits per heavy atom. The highest BCUT2D eigenvalue weighted by Gasteiger charge is 2.39. The number of fused-ring (bicyclic) bond motifs is 3. The third kappa shape index (κ3) is 6.25. The van der Waals surface area contributed by atoms with Crippen molar-refractivity contribution in [1.82, 2.24) is 5.32 Å². The second-order valence-corrected chi connectivity index (χ2v) is 12.3. The summed E-state index contributed by atoms with van der Waals surface area (Å²) in [5, 5.41) is 12.6. The van der Waals surface area contributed by atoms with E-state index in [-0.39, 0.29) is 24.5 Å². The zero-order valence-corrected chi connectivity index (χ0v) is 23.0. The minimum Gasteiger partial charge on any atom is -0.459 e. The Morgan fingerprint density at radius 1 is 0.897 bits per heavy atom. The molecule has 4 aliphatic rings. The molecule has 2 N–H and O–H groups in total. The number of allylic oxidation sites excluding steroid dienone is 1. The summed E-state index contributed by atoms with van der Waals surface area (Å²) in [5.41, 5.74) is 5.04. The van der Waals surface area contributed by atoms with Crippen LogP contribution in [-0.4, -0.2) is 23.3 Å². The molecule has 6 rings (SSSR count). The van der Waals surface area contributed by atoms with Crippen LogP contribution in [0.4, 0.5) is 0 Å². The van der Waals surface area contributed by atoms with Crippen molar-refractivity contribution in [1.29, 1.82) is 0 Å². The largest absolute Gasteiger partial charge is 0.459 e. The topological polar surface area (TPSA) is 67.8 Å². The Hall–Kier alpha value is -2.63. The van der Waals surface area contributed by atoms with Crippen molar-refractivity contribution in [2.45, 2.75) is 102 Å². The molecule has 3 aliphatic carbocycles. The quantitative estimate of drug-likeness (QED) is 0.428. The summed E-state index contributed by atoms with van der Waals surface area (Å²) in [4.78, 5) is 13.4. The second-order valence-electron chi connectivity index (χ2n) is 12.3. The number of amides is 1. The maximum Gasteiger partial charge on any atom is 0.286 e. The SMILES string of the molecule is O=C(NC1CCCCC1)C1=CC(C2CCCC3c4ccccc4CC3C2)CC(OCc2ccc(CO)cc2)O1. The molecule has 1 amide bonds. The lowest BCUT2D eigenvalue weighted by Crippen LogP contribution is -2.40. The number of hydrogen-bond acceptors (Lipinski definition) is 4. The van der Waals surface area contributed by atoms with E-state index >= 15 is 0 Å². The van der Waals surface area contributed by atoms with Crippen LogP contribution in [-0.2, 0) is 33.9 Å². The molecule has 1 heterocycles. The molecule has 2 aromatic rings. The molecule has 2 saturated carbocycles. The second kappa shape index (κ2) is 12.3. The van der Waals surface area contributed by atoms with Gasteiger partial charge in [-0.05, 0) is 90.5 Å². The first-order chi connectivity index (χ1) is 19.2. The number of ether oxygens (including phenoxy) is 2. The van der Waals surface area contributed by atoms with E-state index in [1.807, 2.05) is 24.3 Å². The van der Waals surface area contributed by atoms with Crippen LogP contribution in [0.5, 0.6) is 0 Å². The molecule has 5 nitrogen and oxygen atoms in total. The average Bonchev–Trinajstić information content (AvgIpc) is 3.19. The van der Waals surface area contributed by atoms with Crippen molar-refractivity contribution < 1.29 is 19.4 Å². The van der Waals surface area contributed by atoms with E-state index in [4.69, 9.17) is 9.47 Å². The minimum absolute atomic E-state index is 0.0349. The van der Waals surface area contributed by atoms with Gasteiger partial charge >= 0.3 is 0 Å². The van der Waals surface area contributed by atoms with E-state index in [9.17, 15) is 9.90 Å². The van der Waals surface area contributed by atoms with Crippen LogP contribution in [0.2, 0.25) is 0 Å². The average molecular weight is 530 g/mol. The maximum atomic E-state index is 13.4. The van der Waals surface area contributed by atoms with Crippen molar-refractivity contribution in [3.63, 3.8) is 0 Å². The van der Waals surface area contributed by atoms with E-state index in [2.05, 4.69) is 35.7 Å². The van der Waals surface area contributed by atoms with Gasteiger partial charge in [0.1, 0.15) is 0 Å². The van der Waals surface area contributed by atoms with E-state index in [0.29, 0.717) is 30.1 Å². The highest BCUT2D eigenvalue weighted by molar-refractivity contribution is 5.91. The van der Waals surface area contributed by atoms with Gasteiger partial charge in [-0.25, -0.2) is 0 Å². The Balaban J connectivity index is 1.17. The van der Waals surface area contributed by atoms with Gasteiger partial charge in [-0.15, -0.1) is 0 Å². The fourth-order valence-electron chi connectivity index (χ4n) is 7.60. The van der Waals surface area contributed by atoms with E-state index in [1.165, 1.54) is 56.9 Å². The number of carbonyl (C=O) groups is 1. The lowest BCUT2D eigenvalue weighted by atomic mass is 9.78. The maximum absolute atomic E-state index is 13.4. The van der Waals surface area contributed by atoms with E-state index in [1.54, 1.807) is 5.56 Å². The van der Waals surface area contributed by atoms with Crippen molar-refractivity contribution >= 4 is 5.91 Å². The van der Waals surface area contributed by atoms with Crippen LogP contribution >= 0.6 is 0 Å². The first kappa shape index (κ1) is 26.6. The summed E-state index contributed by atoms with van der Waals surface area (Å²) in [7, 11) is 0. The molecule has 0 spiro atoms. The lowest BCUT2D eigenvalue weighted by Gasteiger charge is -2.34. The van der Waals surface area contributed by atoms with Gasteiger partial charge in [0.2, 0.25) is 6.29 Å². The molecule has 2 fully saturated rings. The molecule has 1 aliphatic heterocycles. The monoisotopic (exact) mass is 529 g/mol. The molecular weight excluding hydrogens is 486 g/mol. The van der Waals surface area contributed by atoms with Gasteiger partial charge in [0.05, 0.1) is 13.2 Å². The standard InChI is InChI=1S/C34H43NO4/c36-21-23-13-15-24(16-14-23)22-38-33-20-27(19-32(39-33)34(37)35-29-9-2-1-3-10-29)25-8-6-12-31-28(17-25)18-26-7-4-5-11-30(26)31/h4-5,7,11,13-16,19,25,27-29,31,33,36H,1-3,6,8-10,12,17-18,20-22H2,(H,35,37). The highest BCUT2D eigenvalue weighted by Crippen LogP contribution is 2.49. The summed E-state index contributed by atoms with van der Waals surface area (Å²) in [6.45, 7) is 0.457. The molecule has 39 heavy (non-hydrogen) atoms. The van der Waals surface area contributed by atoms with Gasteiger partial charge in [0.15, 0.2) is 5.76 Å². The number of aliphatic hydroxyl groups excluding tert-OH is 1. The third-order valence-corrected chi connectivity index (χ3v) is 9.70. The van der Waals surface area contributed by atoms with Crippen molar-refractivity contribution in [2.24, 2.45) is 17.8 Å². The molecule has 5 heteroatoms. The van der Waals surface area contributed by atoms with Gasteiger partial charge in [-0.3, -0.25) is 4.79 Å². The van der Waals surface area contributed by atoms with Crippen LogP contribution in [0.15, 0.2) is 60.4 Å². The zero-order chi connectivity index (χ0) is 26.6. The van der Waals surface area contributed by atoms with Crippen LogP contribution in [0.25, 0.3) is 0 Å². The Labute approximate surface area is 233 Å². The van der Waals surface area contributed by atoms with Gasteiger partial charge < -0.3 is 19.9 Å². The first-order valence-corrected chi connectivity index (χ1v) is 15.2. The van der Waals surface area contributed by atoms with Crippen molar-refractivity contribution in [2.75, 3.05) is 0 Å². The fraction of sp³-hybridized carbons (Fsp3) is 0.559. The van der Waals surface area contributed by atoms with Crippen molar-refractivity contribution in [3.8, 4) is 0 Å². The number of aliphatic hydroxyl groups is 1. The normalized spacial score (nSPS) is 28.9. The summed E-state index contributed by atoms with van der Waals surface area (Å²) in [5.74, 6) is 2.55. The van der Waals surface area contributed by atoms with E-state index in [0.717, 1.165) is 30.4 Å². The van der Waals surface area contributed by atoms with Gasteiger partial charge in [-0.1, -0.05) is 74.2 Å². The molecule has 0 saturated heterocycles. The summed E-state index contributed by atoms with van der Waals surface area (Å²) >= 11 is 0. The van der Waals surface area contributed by atoms with Crippen LogP contribution < -0.4 is 5.32 Å². The van der Waals surface area contributed by atoms with Crippen LogP contribution in [0, 0.1) is 17.8 Å². The molecule has 0 radical (unpaired) electrons. The minimum atomic E-state index is -0.440. The molecule has 208 valence electrons. The summed E-state index contributed by atoms with van der Waals surface area (Å²) in [6.07, 6.45) is 14.3. The van der Waals surface area contributed by atoms with E-state index < -0.39 is 6.29 Å². The van der Waals surface area contributed by atoms with Gasteiger partial charge in [0, 0.05) is 12.5 Å². The number of benzene rings is 2. The number of hydrogen-bond donors (Lipinski definition) is 2. The Bertz CT molecular complexity index is 1150.